The van der Waals surface area contributed by atoms with E-state index in [4.69, 9.17) is 0 Å². The van der Waals surface area contributed by atoms with Crippen molar-refractivity contribution in [3.8, 4) is 0 Å². The molecule has 1 amide bonds. The van der Waals surface area contributed by atoms with Crippen LogP contribution in [0.25, 0.3) is 0 Å². The van der Waals surface area contributed by atoms with Gasteiger partial charge in [0, 0.05) is 25.0 Å². The number of nitrogens with one attached hydrogen (secondary N) is 3. The van der Waals surface area contributed by atoms with Crippen molar-refractivity contribution in [3.63, 3.8) is 0 Å². The maximum Gasteiger partial charge on any atom is 0.222 e. The molecule has 1 aliphatic carbocycles. The summed E-state index contributed by atoms with van der Waals surface area (Å²) in [7, 11) is 0. The van der Waals surface area contributed by atoms with Crippen molar-refractivity contribution in [1.82, 2.24) is 16.0 Å². The molecule has 21 heavy (non-hydrogen) atoms. The minimum absolute atomic E-state index is 0.0848. The molecule has 1 unspecified atom stereocenters. The van der Waals surface area contributed by atoms with Gasteiger partial charge in [-0.05, 0) is 33.1 Å². The molecule has 122 valence electrons. The molecule has 1 saturated carbocycles. The fourth-order valence-corrected chi connectivity index (χ4v) is 2.48. The summed E-state index contributed by atoms with van der Waals surface area (Å²) in [6, 6.07) is 0.778. The van der Waals surface area contributed by atoms with Gasteiger partial charge in [-0.25, -0.2) is 0 Å². The maximum absolute atomic E-state index is 11.7. The number of guanidine groups is 1. The predicted molar refractivity (Wildman–Crippen MR) is 88.5 cm³/mol. The molecule has 1 aliphatic rings. The Morgan fingerprint density at radius 2 is 1.95 bits per heavy atom. The third kappa shape index (κ3) is 7.93. The zero-order valence-corrected chi connectivity index (χ0v) is 13.9. The zero-order valence-electron chi connectivity index (χ0n) is 13.9. The average molecular weight is 296 g/mol. The van der Waals surface area contributed by atoms with Crippen LogP contribution in [0.4, 0.5) is 0 Å². The van der Waals surface area contributed by atoms with Gasteiger partial charge in [0.15, 0.2) is 5.96 Å². The number of rotatable bonds is 7. The van der Waals surface area contributed by atoms with Gasteiger partial charge in [-0.1, -0.05) is 26.2 Å². The topological polar surface area (TPSA) is 65.5 Å². The van der Waals surface area contributed by atoms with Crippen LogP contribution < -0.4 is 16.0 Å². The summed E-state index contributed by atoms with van der Waals surface area (Å²) in [6.45, 7) is 7.53. The molecule has 0 bridgehead atoms. The van der Waals surface area contributed by atoms with E-state index in [0.29, 0.717) is 19.0 Å². The molecule has 1 atom stereocenters. The van der Waals surface area contributed by atoms with E-state index in [1.165, 1.54) is 32.1 Å². The summed E-state index contributed by atoms with van der Waals surface area (Å²) in [5.74, 6) is 0.933. The molecule has 5 nitrogen and oxygen atoms in total. The Labute approximate surface area is 129 Å². The molecule has 0 heterocycles. The van der Waals surface area contributed by atoms with Crippen molar-refractivity contribution >= 4 is 11.9 Å². The number of aliphatic imine (C=N–C) groups is 1. The van der Waals surface area contributed by atoms with Crippen molar-refractivity contribution in [2.75, 3.05) is 13.1 Å². The molecule has 0 spiro atoms. The smallest absolute Gasteiger partial charge is 0.222 e. The fourth-order valence-electron chi connectivity index (χ4n) is 2.48. The highest BCUT2D eigenvalue weighted by molar-refractivity contribution is 5.81. The SMILES string of the molecule is CCNC(=NCCC(=O)NC(C)CC)NC1CCCCC1. The molecule has 5 heteroatoms. The quantitative estimate of drug-likeness (QED) is 0.498. The first-order valence-electron chi connectivity index (χ1n) is 8.49. The van der Waals surface area contributed by atoms with Gasteiger partial charge in [-0.15, -0.1) is 0 Å². The van der Waals surface area contributed by atoms with Crippen LogP contribution in [0, 0.1) is 0 Å². The summed E-state index contributed by atoms with van der Waals surface area (Å²) >= 11 is 0. The summed E-state index contributed by atoms with van der Waals surface area (Å²) < 4.78 is 0. The third-order valence-electron chi connectivity index (χ3n) is 3.92. The van der Waals surface area contributed by atoms with E-state index in [1.807, 2.05) is 6.92 Å². The molecular weight excluding hydrogens is 264 g/mol. The molecule has 0 radical (unpaired) electrons. The van der Waals surface area contributed by atoms with Crippen molar-refractivity contribution in [2.24, 2.45) is 4.99 Å². The molecule has 1 rings (SSSR count). The van der Waals surface area contributed by atoms with E-state index in [2.05, 4.69) is 34.8 Å². The zero-order chi connectivity index (χ0) is 15.5. The molecule has 0 saturated heterocycles. The maximum atomic E-state index is 11.7. The van der Waals surface area contributed by atoms with Crippen molar-refractivity contribution in [2.45, 2.75) is 77.8 Å². The summed E-state index contributed by atoms with van der Waals surface area (Å²) in [5.41, 5.74) is 0. The highest BCUT2D eigenvalue weighted by Gasteiger charge is 2.14. The van der Waals surface area contributed by atoms with E-state index in [0.717, 1.165) is 18.9 Å². The normalized spacial score (nSPS) is 18.1. The number of carbonyl (C=O) groups is 1. The van der Waals surface area contributed by atoms with Crippen molar-refractivity contribution in [1.29, 1.82) is 0 Å². The van der Waals surface area contributed by atoms with Crippen LogP contribution in [0.1, 0.15) is 65.7 Å². The summed E-state index contributed by atoms with van der Waals surface area (Å²) in [5, 5.41) is 9.72. The number of hydrogen-bond acceptors (Lipinski definition) is 2. The second-order valence-corrected chi connectivity index (χ2v) is 5.87. The molecule has 0 aliphatic heterocycles. The monoisotopic (exact) mass is 296 g/mol. The molecule has 0 aromatic carbocycles. The van der Waals surface area contributed by atoms with E-state index < -0.39 is 0 Å². The molecule has 3 N–H and O–H groups in total. The lowest BCUT2D eigenvalue weighted by Crippen LogP contribution is -2.44. The Morgan fingerprint density at radius 1 is 1.24 bits per heavy atom. The second-order valence-electron chi connectivity index (χ2n) is 5.87. The lowest BCUT2D eigenvalue weighted by atomic mass is 9.96. The van der Waals surface area contributed by atoms with Crippen LogP contribution in [-0.2, 0) is 4.79 Å². The van der Waals surface area contributed by atoms with E-state index in [1.54, 1.807) is 0 Å². The average Bonchev–Trinajstić information content (AvgIpc) is 2.48. The Balaban J connectivity index is 2.34. The number of carbonyl (C=O) groups excluding carboxylic acids is 1. The largest absolute Gasteiger partial charge is 0.357 e. The van der Waals surface area contributed by atoms with Crippen LogP contribution in [-0.4, -0.2) is 37.0 Å². The highest BCUT2D eigenvalue weighted by atomic mass is 16.1. The number of nitrogens with zero attached hydrogens (tertiary/aromatic N) is 1. The lowest BCUT2D eigenvalue weighted by Gasteiger charge is -2.24. The van der Waals surface area contributed by atoms with E-state index in [9.17, 15) is 4.79 Å². The first kappa shape index (κ1) is 17.8. The molecular formula is C16H32N4O. The van der Waals surface area contributed by atoms with Gasteiger partial charge in [0.2, 0.25) is 5.91 Å². The Bertz CT molecular complexity index is 324. The van der Waals surface area contributed by atoms with Gasteiger partial charge in [0.05, 0.1) is 6.54 Å². The Hall–Kier alpha value is -1.26. The molecule has 0 aromatic rings. The number of amides is 1. The Kier molecular flexibility index (Phi) is 8.87. The minimum Gasteiger partial charge on any atom is -0.357 e. The van der Waals surface area contributed by atoms with Crippen LogP contribution in [0.2, 0.25) is 0 Å². The standard InChI is InChI=1S/C16H32N4O/c1-4-13(3)19-15(21)11-12-18-16(17-5-2)20-14-9-7-6-8-10-14/h13-14H,4-12H2,1-3H3,(H,19,21)(H2,17,18,20). The highest BCUT2D eigenvalue weighted by Crippen LogP contribution is 2.17. The van der Waals surface area contributed by atoms with Gasteiger partial charge in [-0.3, -0.25) is 9.79 Å². The van der Waals surface area contributed by atoms with E-state index in [-0.39, 0.29) is 11.9 Å². The molecule has 1 fully saturated rings. The lowest BCUT2D eigenvalue weighted by molar-refractivity contribution is -0.121. The van der Waals surface area contributed by atoms with Crippen LogP contribution in [0.5, 0.6) is 0 Å². The van der Waals surface area contributed by atoms with E-state index >= 15 is 0 Å². The van der Waals surface area contributed by atoms with Crippen LogP contribution in [0.3, 0.4) is 0 Å². The first-order valence-corrected chi connectivity index (χ1v) is 8.49. The summed E-state index contributed by atoms with van der Waals surface area (Å²) in [6.07, 6.45) is 7.80. The van der Waals surface area contributed by atoms with Gasteiger partial charge < -0.3 is 16.0 Å². The first-order chi connectivity index (χ1) is 10.2. The van der Waals surface area contributed by atoms with Gasteiger partial charge >= 0.3 is 0 Å². The predicted octanol–water partition coefficient (Wildman–Crippen LogP) is 2.18. The van der Waals surface area contributed by atoms with Gasteiger partial charge in [-0.2, -0.15) is 0 Å². The van der Waals surface area contributed by atoms with Crippen LogP contribution in [0.15, 0.2) is 4.99 Å². The Morgan fingerprint density at radius 3 is 2.57 bits per heavy atom. The van der Waals surface area contributed by atoms with Crippen molar-refractivity contribution < 1.29 is 4.79 Å². The van der Waals surface area contributed by atoms with Crippen LogP contribution >= 0.6 is 0 Å². The third-order valence-corrected chi connectivity index (χ3v) is 3.92. The minimum atomic E-state index is 0.0848. The van der Waals surface area contributed by atoms with Crippen molar-refractivity contribution in [3.05, 3.63) is 0 Å². The molecule has 0 aromatic heterocycles. The van der Waals surface area contributed by atoms with Gasteiger partial charge in [0.1, 0.15) is 0 Å². The second kappa shape index (κ2) is 10.5. The summed E-state index contributed by atoms with van der Waals surface area (Å²) in [4.78, 5) is 16.2. The number of hydrogen-bond donors (Lipinski definition) is 3. The fraction of sp³-hybridized carbons (Fsp3) is 0.875. The van der Waals surface area contributed by atoms with Gasteiger partial charge in [0.25, 0.3) is 0 Å².